The van der Waals surface area contributed by atoms with Crippen LogP contribution in [-0.2, 0) is 14.4 Å². The Hall–Kier alpha value is -3.61. The first-order valence-corrected chi connectivity index (χ1v) is 12.4. The van der Waals surface area contributed by atoms with Crippen LogP contribution < -0.4 is 9.96 Å². The van der Waals surface area contributed by atoms with E-state index in [1.807, 2.05) is 103 Å². The van der Waals surface area contributed by atoms with Crippen LogP contribution in [0.4, 0.5) is 11.4 Å². The third kappa shape index (κ3) is 3.22. The third-order valence-corrected chi connectivity index (χ3v) is 7.33. The summed E-state index contributed by atoms with van der Waals surface area (Å²) in [6.07, 6.45) is 1.15. The number of benzene rings is 4. The summed E-state index contributed by atoms with van der Waals surface area (Å²) in [5.74, 6) is -1.20. The summed E-state index contributed by atoms with van der Waals surface area (Å²) in [5, 5.41) is 3.58. The molecule has 0 radical (unpaired) electrons. The van der Waals surface area contributed by atoms with Gasteiger partial charge < -0.3 is 0 Å². The number of carbonyl (C=O) groups excluding carboxylic acids is 2. The number of imide groups is 1. The zero-order valence-electron chi connectivity index (χ0n) is 18.5. The van der Waals surface area contributed by atoms with Crippen molar-refractivity contribution in [3.8, 4) is 0 Å². The molecule has 3 unspecified atom stereocenters. The van der Waals surface area contributed by atoms with Crippen LogP contribution in [0.2, 0.25) is 0 Å². The molecular formula is C28H22N2O3S. The van der Waals surface area contributed by atoms with Crippen molar-refractivity contribution >= 4 is 45.7 Å². The molecule has 2 aliphatic heterocycles. The number of hydrogen-bond donors (Lipinski definition) is 0. The molecule has 0 bridgehead atoms. The van der Waals surface area contributed by atoms with E-state index in [1.54, 1.807) is 16.8 Å². The van der Waals surface area contributed by atoms with Crippen LogP contribution in [0.25, 0.3) is 10.8 Å². The lowest BCUT2D eigenvalue weighted by atomic mass is 9.90. The number of hydroxylamine groups is 1. The molecule has 0 spiro atoms. The monoisotopic (exact) mass is 466 g/mol. The number of rotatable bonds is 4. The number of fused-ring (bicyclic) bond motifs is 2. The Labute approximate surface area is 201 Å². The summed E-state index contributed by atoms with van der Waals surface area (Å²) < 4.78 is 0. The maximum atomic E-state index is 13.9. The summed E-state index contributed by atoms with van der Waals surface area (Å²) in [6.45, 7) is 0. The van der Waals surface area contributed by atoms with E-state index >= 15 is 0 Å². The molecule has 2 heterocycles. The Morgan fingerprint density at radius 3 is 2.24 bits per heavy atom. The van der Waals surface area contributed by atoms with Gasteiger partial charge in [-0.15, -0.1) is 11.8 Å². The predicted octanol–water partition coefficient (Wildman–Crippen LogP) is 5.61. The molecule has 0 aromatic heterocycles. The quantitative estimate of drug-likeness (QED) is 0.289. The molecule has 168 valence electrons. The number of amides is 2. The molecule has 0 aliphatic carbocycles. The fourth-order valence-electron chi connectivity index (χ4n) is 4.99. The molecule has 2 amide bonds. The highest BCUT2D eigenvalue weighted by Gasteiger charge is 2.60. The largest absolute Gasteiger partial charge is 0.273 e. The Kier molecular flexibility index (Phi) is 5.12. The number of para-hydroxylation sites is 1. The first-order chi connectivity index (χ1) is 16.7. The van der Waals surface area contributed by atoms with Gasteiger partial charge in [0.25, 0.3) is 5.91 Å². The van der Waals surface area contributed by atoms with Gasteiger partial charge >= 0.3 is 0 Å². The zero-order chi connectivity index (χ0) is 23.2. The molecule has 3 atom stereocenters. The van der Waals surface area contributed by atoms with Gasteiger partial charge in [0.05, 0.1) is 17.4 Å². The van der Waals surface area contributed by atoms with E-state index in [0.717, 1.165) is 26.9 Å². The van der Waals surface area contributed by atoms with E-state index in [2.05, 4.69) is 0 Å². The minimum absolute atomic E-state index is 0.233. The number of anilines is 2. The highest BCUT2D eigenvalue weighted by molar-refractivity contribution is 7.98. The van der Waals surface area contributed by atoms with E-state index in [0.29, 0.717) is 5.69 Å². The van der Waals surface area contributed by atoms with Gasteiger partial charge in [-0.25, -0.2) is 9.96 Å². The molecule has 6 rings (SSSR count). The summed E-state index contributed by atoms with van der Waals surface area (Å²) in [6, 6.07) is 30.8. The van der Waals surface area contributed by atoms with Crippen LogP contribution in [0, 0.1) is 5.92 Å². The predicted molar refractivity (Wildman–Crippen MR) is 135 cm³/mol. The third-order valence-electron chi connectivity index (χ3n) is 6.59. The molecule has 6 heteroatoms. The SMILES string of the molecule is CSc1ccc(C2C3C(=O)N(c4cccc5ccccc45)C(=O)C3ON2c2ccccc2)cc1. The molecule has 5 nitrogen and oxygen atoms in total. The van der Waals surface area contributed by atoms with Crippen molar-refractivity contribution in [3.63, 3.8) is 0 Å². The highest BCUT2D eigenvalue weighted by Crippen LogP contribution is 2.48. The number of carbonyl (C=O) groups is 2. The van der Waals surface area contributed by atoms with E-state index in [9.17, 15) is 9.59 Å². The maximum Gasteiger partial charge on any atom is 0.266 e. The maximum absolute atomic E-state index is 13.9. The molecule has 2 fully saturated rings. The van der Waals surface area contributed by atoms with Gasteiger partial charge in [-0.2, -0.15) is 0 Å². The van der Waals surface area contributed by atoms with Crippen LogP contribution >= 0.6 is 11.8 Å². The lowest BCUT2D eigenvalue weighted by Crippen LogP contribution is -2.37. The van der Waals surface area contributed by atoms with Crippen LogP contribution in [0.5, 0.6) is 0 Å². The fraction of sp³-hybridized carbons (Fsp3) is 0.143. The molecule has 4 aromatic rings. The fourth-order valence-corrected chi connectivity index (χ4v) is 5.40. The van der Waals surface area contributed by atoms with Gasteiger partial charge in [-0.1, -0.05) is 66.7 Å². The Morgan fingerprint density at radius 2 is 1.47 bits per heavy atom. The topological polar surface area (TPSA) is 49.9 Å². The van der Waals surface area contributed by atoms with Crippen molar-refractivity contribution in [2.24, 2.45) is 5.92 Å². The first-order valence-electron chi connectivity index (χ1n) is 11.2. The average Bonchev–Trinajstić information content (AvgIpc) is 3.40. The van der Waals surface area contributed by atoms with Gasteiger partial charge in [0, 0.05) is 10.3 Å². The van der Waals surface area contributed by atoms with Crippen LogP contribution in [0.15, 0.2) is 102 Å². The van der Waals surface area contributed by atoms with Crippen molar-refractivity contribution in [1.29, 1.82) is 0 Å². The average molecular weight is 467 g/mol. The standard InChI is InChI=1S/C28H22N2O3S/c1-34-21-16-14-19(15-17-21)25-24-26(33-30(25)20-10-3-2-4-11-20)28(32)29(27(24)31)23-13-7-9-18-8-5-6-12-22(18)23/h2-17,24-26H,1H3. The minimum Gasteiger partial charge on any atom is -0.273 e. The van der Waals surface area contributed by atoms with Gasteiger partial charge in [0.1, 0.15) is 5.92 Å². The van der Waals surface area contributed by atoms with Crippen molar-refractivity contribution in [2.45, 2.75) is 17.0 Å². The lowest BCUT2D eigenvalue weighted by molar-refractivity contribution is -0.126. The normalized spacial score (nSPS) is 22.0. The zero-order valence-corrected chi connectivity index (χ0v) is 19.3. The van der Waals surface area contributed by atoms with E-state index in [4.69, 9.17) is 4.84 Å². The van der Waals surface area contributed by atoms with E-state index < -0.39 is 18.1 Å². The van der Waals surface area contributed by atoms with Crippen molar-refractivity contribution in [1.82, 2.24) is 0 Å². The van der Waals surface area contributed by atoms with Gasteiger partial charge in [0.2, 0.25) is 5.91 Å². The molecule has 34 heavy (non-hydrogen) atoms. The summed E-state index contributed by atoms with van der Waals surface area (Å²) >= 11 is 1.66. The van der Waals surface area contributed by atoms with E-state index in [-0.39, 0.29) is 11.8 Å². The summed E-state index contributed by atoms with van der Waals surface area (Å²) in [7, 11) is 0. The van der Waals surface area contributed by atoms with Crippen molar-refractivity contribution < 1.29 is 14.4 Å². The number of hydrogen-bond acceptors (Lipinski definition) is 5. The van der Waals surface area contributed by atoms with Crippen molar-refractivity contribution in [2.75, 3.05) is 16.2 Å². The summed E-state index contributed by atoms with van der Waals surface area (Å²) in [5.41, 5.74) is 2.36. The number of nitrogens with zero attached hydrogens (tertiary/aromatic N) is 2. The molecular weight excluding hydrogens is 444 g/mol. The Balaban J connectivity index is 1.45. The van der Waals surface area contributed by atoms with Gasteiger partial charge in [-0.3, -0.25) is 14.4 Å². The van der Waals surface area contributed by atoms with E-state index in [1.165, 1.54) is 4.90 Å². The molecule has 2 aliphatic rings. The van der Waals surface area contributed by atoms with Crippen molar-refractivity contribution in [3.05, 3.63) is 103 Å². The second-order valence-electron chi connectivity index (χ2n) is 8.44. The second kappa shape index (κ2) is 8.31. The molecule has 4 aromatic carbocycles. The van der Waals surface area contributed by atoms with Gasteiger partial charge in [-0.05, 0) is 47.5 Å². The summed E-state index contributed by atoms with van der Waals surface area (Å²) in [4.78, 5) is 36.3. The molecule has 0 N–H and O–H groups in total. The molecule has 0 saturated carbocycles. The van der Waals surface area contributed by atoms with Crippen LogP contribution in [0.1, 0.15) is 11.6 Å². The smallest absolute Gasteiger partial charge is 0.266 e. The lowest BCUT2D eigenvalue weighted by Gasteiger charge is -2.29. The highest BCUT2D eigenvalue weighted by atomic mass is 32.2. The van der Waals surface area contributed by atoms with Crippen LogP contribution in [-0.4, -0.2) is 24.2 Å². The Bertz CT molecular complexity index is 1380. The number of thioether (sulfide) groups is 1. The minimum atomic E-state index is -0.878. The Morgan fingerprint density at radius 1 is 0.765 bits per heavy atom. The van der Waals surface area contributed by atoms with Gasteiger partial charge in [0.15, 0.2) is 6.10 Å². The molecule has 2 saturated heterocycles. The first kappa shape index (κ1) is 21.0. The second-order valence-corrected chi connectivity index (χ2v) is 9.32. The van der Waals surface area contributed by atoms with Crippen LogP contribution in [0.3, 0.4) is 0 Å².